The van der Waals surface area contributed by atoms with E-state index in [2.05, 4.69) is 26.3 Å². The minimum absolute atomic E-state index is 0.252. The number of nitrogens with zero attached hydrogens (tertiary/aromatic N) is 2. The molecular formula is C21H20BrN3O3. The molecule has 0 aliphatic carbocycles. The van der Waals surface area contributed by atoms with Gasteiger partial charge >= 0.3 is 0 Å². The zero-order chi connectivity index (χ0) is 19.9. The van der Waals surface area contributed by atoms with E-state index in [0.717, 1.165) is 15.6 Å². The number of anilines is 1. The number of aromatic nitrogens is 2. The number of amides is 1. The Balaban J connectivity index is 1.69. The second kappa shape index (κ2) is 9.23. The van der Waals surface area contributed by atoms with Gasteiger partial charge in [-0.3, -0.25) is 4.79 Å². The van der Waals surface area contributed by atoms with Crippen LogP contribution in [0.15, 0.2) is 65.3 Å². The molecule has 0 saturated carbocycles. The van der Waals surface area contributed by atoms with E-state index in [4.69, 9.17) is 9.47 Å². The predicted octanol–water partition coefficient (Wildman–Crippen LogP) is 4.36. The molecule has 2 aromatic carbocycles. The normalized spacial score (nSPS) is 10.8. The Kier molecular flexibility index (Phi) is 6.49. The maximum absolute atomic E-state index is 12.3. The Labute approximate surface area is 171 Å². The van der Waals surface area contributed by atoms with Gasteiger partial charge in [-0.25, -0.2) is 4.68 Å². The zero-order valence-electron chi connectivity index (χ0n) is 15.6. The van der Waals surface area contributed by atoms with E-state index in [0.29, 0.717) is 23.9 Å². The summed E-state index contributed by atoms with van der Waals surface area (Å²) in [4.78, 5) is 12.3. The third-order valence-electron chi connectivity index (χ3n) is 3.99. The van der Waals surface area contributed by atoms with Crippen molar-refractivity contribution in [1.82, 2.24) is 9.78 Å². The first-order chi connectivity index (χ1) is 13.6. The fraction of sp³-hybridized carbons (Fsp3) is 0.143. The van der Waals surface area contributed by atoms with Crippen LogP contribution in [0.2, 0.25) is 0 Å². The molecule has 144 valence electrons. The quantitative estimate of drug-likeness (QED) is 0.553. The summed E-state index contributed by atoms with van der Waals surface area (Å²) >= 11 is 3.46. The van der Waals surface area contributed by atoms with Crippen molar-refractivity contribution in [1.29, 1.82) is 0 Å². The molecule has 3 aromatic rings. The highest BCUT2D eigenvalue weighted by Gasteiger charge is 2.07. The number of methoxy groups -OCH3 is 2. The van der Waals surface area contributed by atoms with Crippen LogP contribution in [-0.4, -0.2) is 29.9 Å². The molecule has 0 aliphatic heterocycles. The average molecular weight is 442 g/mol. The third kappa shape index (κ3) is 5.23. The number of carbonyl (C=O) groups is 1. The van der Waals surface area contributed by atoms with Crippen molar-refractivity contribution < 1.29 is 14.3 Å². The molecule has 0 spiro atoms. The van der Waals surface area contributed by atoms with Crippen molar-refractivity contribution in [3.05, 3.63) is 76.4 Å². The van der Waals surface area contributed by atoms with Crippen LogP contribution in [-0.2, 0) is 11.3 Å². The summed E-state index contributed by atoms with van der Waals surface area (Å²) in [5, 5.41) is 7.14. The molecule has 7 heteroatoms. The Morgan fingerprint density at radius 3 is 2.57 bits per heavy atom. The Bertz CT molecular complexity index is 976. The maximum Gasteiger partial charge on any atom is 0.249 e. The molecule has 1 amide bonds. The molecule has 3 rings (SSSR count). The van der Waals surface area contributed by atoms with Gasteiger partial charge in [0.1, 0.15) is 17.3 Å². The molecule has 1 aromatic heterocycles. The lowest BCUT2D eigenvalue weighted by Crippen LogP contribution is -2.13. The monoisotopic (exact) mass is 441 g/mol. The maximum atomic E-state index is 12.3. The number of halogens is 1. The van der Waals surface area contributed by atoms with Gasteiger partial charge < -0.3 is 14.8 Å². The summed E-state index contributed by atoms with van der Waals surface area (Å²) in [5.41, 5.74) is 1.88. The lowest BCUT2D eigenvalue weighted by molar-refractivity contribution is -0.111. The van der Waals surface area contributed by atoms with E-state index in [1.165, 1.54) is 6.08 Å². The van der Waals surface area contributed by atoms with Crippen LogP contribution >= 0.6 is 15.9 Å². The molecule has 0 saturated heterocycles. The topological polar surface area (TPSA) is 65.4 Å². The molecule has 6 nitrogen and oxygen atoms in total. The van der Waals surface area contributed by atoms with Crippen molar-refractivity contribution in [2.45, 2.75) is 6.54 Å². The van der Waals surface area contributed by atoms with Gasteiger partial charge in [0.25, 0.3) is 0 Å². The third-order valence-corrected chi connectivity index (χ3v) is 4.48. The minimum atomic E-state index is -0.252. The summed E-state index contributed by atoms with van der Waals surface area (Å²) in [6, 6.07) is 15.1. The highest BCUT2D eigenvalue weighted by atomic mass is 79.9. The first-order valence-electron chi connectivity index (χ1n) is 8.56. The minimum Gasteiger partial charge on any atom is -0.497 e. The summed E-state index contributed by atoms with van der Waals surface area (Å²) in [5.74, 6) is 1.69. The zero-order valence-corrected chi connectivity index (χ0v) is 17.1. The van der Waals surface area contributed by atoms with Crippen molar-refractivity contribution in [3.63, 3.8) is 0 Å². The van der Waals surface area contributed by atoms with Gasteiger partial charge in [0, 0.05) is 22.7 Å². The number of benzene rings is 2. The highest BCUT2D eigenvalue weighted by Crippen LogP contribution is 2.23. The van der Waals surface area contributed by atoms with Gasteiger partial charge in [0.2, 0.25) is 5.91 Å². The molecule has 28 heavy (non-hydrogen) atoms. The summed E-state index contributed by atoms with van der Waals surface area (Å²) in [7, 11) is 3.17. The molecular weight excluding hydrogens is 422 g/mol. The molecule has 1 heterocycles. The second-order valence-corrected chi connectivity index (χ2v) is 6.89. The first kappa shape index (κ1) is 19.7. The van der Waals surface area contributed by atoms with Gasteiger partial charge in [-0.1, -0.05) is 28.1 Å². The van der Waals surface area contributed by atoms with Crippen LogP contribution in [0.5, 0.6) is 11.5 Å². The molecule has 0 aliphatic rings. The molecule has 0 radical (unpaired) electrons. The van der Waals surface area contributed by atoms with Crippen LogP contribution < -0.4 is 14.8 Å². The van der Waals surface area contributed by atoms with Crippen LogP contribution in [0.4, 0.5) is 5.82 Å². The number of rotatable bonds is 7. The SMILES string of the molecule is COc1cc(/C=C/C(=O)Nc2ccnn2Cc2cccc(Br)c2)cc(OC)c1. The number of nitrogens with one attached hydrogen (secondary N) is 1. The van der Waals surface area contributed by atoms with Gasteiger partial charge in [-0.05, 0) is 41.5 Å². The van der Waals surface area contributed by atoms with Gasteiger partial charge in [0.05, 0.1) is 27.0 Å². The lowest BCUT2D eigenvalue weighted by Gasteiger charge is -2.08. The second-order valence-electron chi connectivity index (χ2n) is 5.97. The van der Waals surface area contributed by atoms with Gasteiger partial charge in [-0.15, -0.1) is 0 Å². The van der Waals surface area contributed by atoms with Crippen molar-refractivity contribution in [2.75, 3.05) is 19.5 Å². The fourth-order valence-corrected chi connectivity index (χ4v) is 3.09. The molecule has 0 fully saturated rings. The van der Waals surface area contributed by atoms with E-state index >= 15 is 0 Å². The summed E-state index contributed by atoms with van der Waals surface area (Å²) < 4.78 is 13.2. The summed E-state index contributed by atoms with van der Waals surface area (Å²) in [6.07, 6.45) is 4.82. The van der Waals surface area contributed by atoms with Gasteiger partial charge in [0.15, 0.2) is 0 Å². The smallest absolute Gasteiger partial charge is 0.249 e. The standard InChI is InChI=1S/C21H20BrN3O3/c1-27-18-11-15(12-19(13-18)28-2)6-7-21(26)24-20-8-9-23-25(20)14-16-4-3-5-17(22)10-16/h3-13H,14H2,1-2H3,(H,24,26)/b7-6+. The Hall–Kier alpha value is -3.06. The van der Waals surface area contributed by atoms with Gasteiger partial charge in [-0.2, -0.15) is 5.10 Å². The van der Waals surface area contributed by atoms with Crippen molar-refractivity contribution in [2.24, 2.45) is 0 Å². The number of carbonyl (C=O) groups excluding carboxylic acids is 1. The van der Waals surface area contributed by atoms with E-state index in [1.54, 1.807) is 43.3 Å². The Morgan fingerprint density at radius 2 is 1.89 bits per heavy atom. The average Bonchev–Trinajstić information content (AvgIpc) is 3.12. The van der Waals surface area contributed by atoms with Crippen LogP contribution in [0.1, 0.15) is 11.1 Å². The summed E-state index contributed by atoms with van der Waals surface area (Å²) in [6.45, 7) is 0.554. The number of ether oxygens (including phenoxy) is 2. The van der Waals surface area contributed by atoms with E-state index in [1.807, 2.05) is 36.4 Å². The van der Waals surface area contributed by atoms with Crippen LogP contribution in [0.25, 0.3) is 6.08 Å². The van der Waals surface area contributed by atoms with E-state index < -0.39 is 0 Å². The van der Waals surface area contributed by atoms with E-state index in [-0.39, 0.29) is 5.91 Å². The van der Waals surface area contributed by atoms with Crippen LogP contribution in [0, 0.1) is 0 Å². The molecule has 0 bridgehead atoms. The van der Waals surface area contributed by atoms with Crippen molar-refractivity contribution in [3.8, 4) is 11.5 Å². The number of hydrogen-bond acceptors (Lipinski definition) is 4. The van der Waals surface area contributed by atoms with Crippen molar-refractivity contribution >= 4 is 33.7 Å². The van der Waals surface area contributed by atoms with E-state index in [9.17, 15) is 4.79 Å². The lowest BCUT2D eigenvalue weighted by atomic mass is 10.2. The fourth-order valence-electron chi connectivity index (χ4n) is 2.64. The predicted molar refractivity (Wildman–Crippen MR) is 113 cm³/mol. The molecule has 0 unspecified atom stereocenters. The van der Waals surface area contributed by atoms with Crippen LogP contribution in [0.3, 0.4) is 0 Å². The Morgan fingerprint density at radius 1 is 1.14 bits per heavy atom. The number of hydrogen-bond donors (Lipinski definition) is 1. The molecule has 1 N–H and O–H groups in total. The first-order valence-corrected chi connectivity index (χ1v) is 9.35. The molecule has 0 atom stereocenters. The highest BCUT2D eigenvalue weighted by molar-refractivity contribution is 9.10. The largest absolute Gasteiger partial charge is 0.497 e.